The van der Waals surface area contributed by atoms with Crippen LogP contribution >= 0.6 is 0 Å². The van der Waals surface area contributed by atoms with Gasteiger partial charge in [-0.25, -0.2) is 0 Å². The van der Waals surface area contributed by atoms with Gasteiger partial charge in [0.25, 0.3) is 5.91 Å². The number of hydrogen-bond donors (Lipinski definition) is 0. The molecule has 1 aliphatic rings. The number of benzene rings is 2. The van der Waals surface area contributed by atoms with E-state index in [1.807, 2.05) is 48.7 Å². The fourth-order valence-electron chi connectivity index (χ4n) is 3.58. The second-order valence-electron chi connectivity index (χ2n) is 6.52. The molecule has 3 aromatic rings. The standard InChI is InChI=1S/C21H17F3N2O/c22-21(23,24)17-9-4-8-16(14-17)20(27)26-13-12-25-11-5-10-18(25)19(26)15-6-2-1-3-7-15/h1-11,14,19H,12-13H2. The Balaban J connectivity index is 1.75. The van der Waals surface area contributed by atoms with Crippen LogP contribution in [0.2, 0.25) is 0 Å². The maximum Gasteiger partial charge on any atom is 0.416 e. The minimum absolute atomic E-state index is 0.0470. The van der Waals surface area contributed by atoms with Gasteiger partial charge in [-0.3, -0.25) is 4.79 Å². The van der Waals surface area contributed by atoms with Crippen LogP contribution in [0, 0.1) is 0 Å². The third kappa shape index (κ3) is 3.23. The Morgan fingerprint density at radius 1 is 0.926 bits per heavy atom. The van der Waals surface area contributed by atoms with Gasteiger partial charge in [0.05, 0.1) is 11.6 Å². The van der Waals surface area contributed by atoms with Crippen molar-refractivity contribution in [1.29, 1.82) is 0 Å². The van der Waals surface area contributed by atoms with Gasteiger partial charge in [0.1, 0.15) is 0 Å². The molecule has 138 valence electrons. The van der Waals surface area contributed by atoms with Crippen LogP contribution in [-0.4, -0.2) is 21.9 Å². The summed E-state index contributed by atoms with van der Waals surface area (Å²) in [6.45, 7) is 1.03. The lowest BCUT2D eigenvalue weighted by Crippen LogP contribution is -2.42. The lowest BCUT2D eigenvalue weighted by molar-refractivity contribution is -0.137. The summed E-state index contributed by atoms with van der Waals surface area (Å²) >= 11 is 0. The topological polar surface area (TPSA) is 25.2 Å². The highest BCUT2D eigenvalue weighted by Gasteiger charge is 2.34. The van der Waals surface area contributed by atoms with Gasteiger partial charge in [-0.15, -0.1) is 0 Å². The molecule has 1 aliphatic heterocycles. The SMILES string of the molecule is O=C(c1cccc(C(F)(F)F)c1)N1CCn2cccc2C1c1ccccc1. The third-order valence-corrected chi connectivity index (χ3v) is 4.85. The Labute approximate surface area is 154 Å². The molecule has 0 saturated carbocycles. The van der Waals surface area contributed by atoms with Gasteiger partial charge in [-0.1, -0.05) is 36.4 Å². The van der Waals surface area contributed by atoms with Gasteiger partial charge in [0.15, 0.2) is 0 Å². The normalized spacial score (nSPS) is 16.9. The van der Waals surface area contributed by atoms with Crippen LogP contribution in [0.1, 0.15) is 33.2 Å². The van der Waals surface area contributed by atoms with Crippen molar-refractivity contribution < 1.29 is 18.0 Å². The van der Waals surface area contributed by atoms with Crippen molar-refractivity contribution in [2.45, 2.75) is 18.8 Å². The van der Waals surface area contributed by atoms with E-state index in [0.29, 0.717) is 13.1 Å². The van der Waals surface area contributed by atoms with Crippen LogP contribution in [0.25, 0.3) is 0 Å². The number of amides is 1. The highest BCUT2D eigenvalue weighted by atomic mass is 19.4. The number of halogens is 3. The third-order valence-electron chi connectivity index (χ3n) is 4.85. The van der Waals surface area contributed by atoms with E-state index in [-0.39, 0.29) is 11.6 Å². The molecule has 1 amide bonds. The first-order chi connectivity index (χ1) is 12.9. The Morgan fingerprint density at radius 3 is 2.44 bits per heavy atom. The second-order valence-corrected chi connectivity index (χ2v) is 6.52. The van der Waals surface area contributed by atoms with Crippen LogP contribution in [0.3, 0.4) is 0 Å². The van der Waals surface area contributed by atoms with E-state index in [9.17, 15) is 18.0 Å². The summed E-state index contributed by atoms with van der Waals surface area (Å²) in [5, 5.41) is 0. The minimum Gasteiger partial charge on any atom is -0.348 e. The summed E-state index contributed by atoms with van der Waals surface area (Å²) < 4.78 is 41.2. The molecule has 0 spiro atoms. The molecule has 1 aromatic heterocycles. The molecule has 0 radical (unpaired) electrons. The van der Waals surface area contributed by atoms with Crippen molar-refractivity contribution in [3.05, 3.63) is 95.3 Å². The number of aromatic nitrogens is 1. The molecule has 0 aliphatic carbocycles. The van der Waals surface area contributed by atoms with Gasteiger partial charge in [-0.2, -0.15) is 13.2 Å². The Morgan fingerprint density at radius 2 is 1.70 bits per heavy atom. The van der Waals surface area contributed by atoms with Crippen molar-refractivity contribution in [1.82, 2.24) is 9.47 Å². The smallest absolute Gasteiger partial charge is 0.348 e. The molecule has 6 heteroatoms. The minimum atomic E-state index is -4.48. The first-order valence-corrected chi connectivity index (χ1v) is 8.63. The van der Waals surface area contributed by atoms with Gasteiger partial charge in [0, 0.05) is 30.5 Å². The van der Waals surface area contributed by atoms with Crippen molar-refractivity contribution in [2.75, 3.05) is 6.54 Å². The molecule has 2 heterocycles. The molecule has 3 nitrogen and oxygen atoms in total. The Bertz CT molecular complexity index is 963. The average molecular weight is 370 g/mol. The molecule has 0 saturated heterocycles. The monoisotopic (exact) mass is 370 g/mol. The molecule has 0 bridgehead atoms. The molecule has 27 heavy (non-hydrogen) atoms. The molecule has 0 fully saturated rings. The van der Waals surface area contributed by atoms with Crippen molar-refractivity contribution in [2.24, 2.45) is 0 Å². The van der Waals surface area contributed by atoms with Crippen molar-refractivity contribution in [3.8, 4) is 0 Å². The average Bonchev–Trinajstić information content (AvgIpc) is 3.15. The van der Waals surface area contributed by atoms with E-state index in [1.54, 1.807) is 4.90 Å². The molecule has 2 aromatic carbocycles. The summed E-state index contributed by atoms with van der Waals surface area (Å²) in [5.74, 6) is -0.401. The number of carbonyl (C=O) groups is 1. The van der Waals surface area contributed by atoms with Crippen LogP contribution in [0.4, 0.5) is 13.2 Å². The van der Waals surface area contributed by atoms with E-state index in [0.717, 1.165) is 23.4 Å². The van der Waals surface area contributed by atoms with Gasteiger partial charge >= 0.3 is 6.18 Å². The number of fused-ring (bicyclic) bond motifs is 1. The summed E-state index contributed by atoms with van der Waals surface area (Å²) in [6.07, 6.45) is -2.52. The van der Waals surface area contributed by atoms with Crippen LogP contribution in [0.5, 0.6) is 0 Å². The molecule has 1 atom stereocenters. The van der Waals surface area contributed by atoms with Crippen LogP contribution < -0.4 is 0 Å². The summed E-state index contributed by atoms with van der Waals surface area (Å²) in [5.41, 5.74) is 1.11. The number of rotatable bonds is 2. The van der Waals surface area contributed by atoms with Gasteiger partial charge < -0.3 is 9.47 Å². The predicted octanol–water partition coefficient (Wildman–Crippen LogP) is 4.75. The maximum atomic E-state index is 13.1. The molecular weight excluding hydrogens is 353 g/mol. The summed E-state index contributed by atoms with van der Waals surface area (Å²) in [6, 6.07) is 17.7. The molecule has 0 N–H and O–H groups in total. The van der Waals surface area contributed by atoms with Crippen LogP contribution in [-0.2, 0) is 12.7 Å². The molecular formula is C21H17F3N2O. The zero-order valence-electron chi connectivity index (χ0n) is 14.4. The van der Waals surface area contributed by atoms with Gasteiger partial charge in [0.2, 0.25) is 0 Å². The highest BCUT2D eigenvalue weighted by molar-refractivity contribution is 5.95. The first kappa shape index (κ1) is 17.4. The molecule has 4 rings (SSSR count). The van der Waals surface area contributed by atoms with Crippen molar-refractivity contribution in [3.63, 3.8) is 0 Å². The Kier molecular flexibility index (Phi) is 4.26. The zero-order chi connectivity index (χ0) is 19.0. The highest BCUT2D eigenvalue weighted by Crippen LogP contribution is 2.34. The molecule has 1 unspecified atom stereocenters. The van der Waals surface area contributed by atoms with E-state index in [1.165, 1.54) is 12.1 Å². The van der Waals surface area contributed by atoms with Gasteiger partial charge in [-0.05, 0) is 35.9 Å². The number of alkyl halides is 3. The first-order valence-electron chi connectivity index (χ1n) is 8.63. The summed E-state index contributed by atoms with van der Waals surface area (Å²) in [4.78, 5) is 14.8. The summed E-state index contributed by atoms with van der Waals surface area (Å²) in [7, 11) is 0. The fraction of sp³-hybridized carbons (Fsp3) is 0.190. The van der Waals surface area contributed by atoms with Crippen LogP contribution in [0.15, 0.2) is 72.9 Å². The van der Waals surface area contributed by atoms with E-state index in [2.05, 4.69) is 4.57 Å². The number of carbonyl (C=O) groups excluding carboxylic acids is 1. The van der Waals surface area contributed by atoms with E-state index >= 15 is 0 Å². The van der Waals surface area contributed by atoms with E-state index < -0.39 is 17.6 Å². The maximum absolute atomic E-state index is 13.1. The second kappa shape index (κ2) is 6.61. The lowest BCUT2D eigenvalue weighted by Gasteiger charge is -2.37. The largest absolute Gasteiger partial charge is 0.416 e. The predicted molar refractivity (Wildman–Crippen MR) is 95.2 cm³/mol. The lowest BCUT2D eigenvalue weighted by atomic mass is 9.98. The van der Waals surface area contributed by atoms with E-state index in [4.69, 9.17) is 0 Å². The fourth-order valence-corrected chi connectivity index (χ4v) is 3.58. The zero-order valence-corrected chi connectivity index (χ0v) is 14.4. The number of hydrogen-bond acceptors (Lipinski definition) is 1. The quantitative estimate of drug-likeness (QED) is 0.639. The number of nitrogens with zero attached hydrogens (tertiary/aromatic N) is 2. The Hall–Kier alpha value is -3.02. The van der Waals surface area contributed by atoms with Crippen molar-refractivity contribution >= 4 is 5.91 Å².